The standard InChI is InChI=1S/C7H14N2O2.ClH/c1-9(2)4-3-6(10)5-7(8)11;/h4,6,10H,3,5H2,1-2H3,(H-,8,11);1H. The van der Waals surface area contributed by atoms with Crippen molar-refractivity contribution in [2.75, 3.05) is 14.1 Å². The maximum absolute atomic E-state index is 10.2. The predicted octanol–water partition coefficient (Wildman–Crippen LogP) is -0.770. The zero-order chi connectivity index (χ0) is 8.85. The van der Waals surface area contributed by atoms with Crippen LogP contribution in [0, 0.1) is 5.41 Å². The van der Waals surface area contributed by atoms with E-state index in [9.17, 15) is 5.11 Å². The molecular weight excluding hydrogens is 180 g/mol. The lowest BCUT2D eigenvalue weighted by molar-refractivity contribution is -0.460. The van der Waals surface area contributed by atoms with Gasteiger partial charge in [-0.2, -0.15) is 0 Å². The first kappa shape index (κ1) is 13.9. The third kappa shape index (κ3) is 9.39. The minimum Gasteiger partial charge on any atom is -0.862 e. The van der Waals surface area contributed by atoms with E-state index in [1.807, 2.05) is 14.1 Å². The summed E-state index contributed by atoms with van der Waals surface area (Å²) in [5.74, 6) is -0.718. The molecule has 0 aliphatic rings. The molecule has 0 saturated heterocycles. The Hall–Kier alpha value is -0.610. The molecule has 0 bridgehead atoms. The summed E-state index contributed by atoms with van der Waals surface area (Å²) in [6, 6.07) is 0. The van der Waals surface area contributed by atoms with Crippen LogP contribution in [-0.2, 0) is 0 Å². The topological polar surface area (TPSA) is 70.2 Å². The Morgan fingerprint density at radius 2 is 2.17 bits per heavy atom. The predicted molar refractivity (Wildman–Crippen MR) is 48.4 cm³/mol. The normalized spacial score (nSPS) is 11.2. The van der Waals surface area contributed by atoms with Gasteiger partial charge in [0, 0.05) is 6.42 Å². The highest BCUT2D eigenvalue weighted by Crippen LogP contribution is 1.93. The second kappa shape index (κ2) is 7.06. The van der Waals surface area contributed by atoms with Crippen LogP contribution < -0.4 is 5.11 Å². The van der Waals surface area contributed by atoms with Gasteiger partial charge in [-0.1, -0.05) is 0 Å². The van der Waals surface area contributed by atoms with E-state index in [4.69, 9.17) is 10.5 Å². The molecule has 0 aromatic rings. The number of aliphatic hydroxyl groups is 1. The lowest BCUT2D eigenvalue weighted by Gasteiger charge is -2.10. The summed E-state index contributed by atoms with van der Waals surface area (Å²) in [6.45, 7) is 0. The summed E-state index contributed by atoms with van der Waals surface area (Å²) >= 11 is 0. The molecule has 5 heteroatoms. The number of aliphatic hydroxyl groups excluding tert-OH is 1. The zero-order valence-electron chi connectivity index (χ0n) is 7.28. The molecule has 72 valence electrons. The van der Waals surface area contributed by atoms with Gasteiger partial charge in [-0.3, -0.25) is 0 Å². The smallest absolute Gasteiger partial charge is 0.141 e. The zero-order valence-corrected chi connectivity index (χ0v) is 8.10. The van der Waals surface area contributed by atoms with Crippen LogP contribution in [0.4, 0.5) is 0 Å². The number of hydrogen-bond donors (Lipinski definition) is 2. The average molecular weight is 195 g/mol. The maximum atomic E-state index is 10.2. The molecule has 12 heavy (non-hydrogen) atoms. The summed E-state index contributed by atoms with van der Waals surface area (Å²) in [5.41, 5.74) is 0. The summed E-state index contributed by atoms with van der Waals surface area (Å²) in [4.78, 5) is 0. The van der Waals surface area contributed by atoms with Crippen molar-refractivity contribution in [1.82, 2.24) is 0 Å². The Morgan fingerprint density at radius 1 is 1.67 bits per heavy atom. The first-order valence-corrected chi connectivity index (χ1v) is 3.44. The van der Waals surface area contributed by atoms with E-state index < -0.39 is 12.0 Å². The number of rotatable bonds is 4. The molecule has 0 aromatic heterocycles. The van der Waals surface area contributed by atoms with E-state index >= 15 is 0 Å². The molecule has 0 aromatic carbocycles. The Labute approximate surface area is 78.5 Å². The second-order valence-electron chi connectivity index (χ2n) is 2.66. The van der Waals surface area contributed by atoms with E-state index in [1.54, 1.807) is 10.8 Å². The van der Waals surface area contributed by atoms with Crippen molar-refractivity contribution in [3.63, 3.8) is 0 Å². The molecule has 0 amide bonds. The quantitative estimate of drug-likeness (QED) is 0.351. The van der Waals surface area contributed by atoms with Gasteiger partial charge in [0.05, 0.1) is 12.5 Å². The van der Waals surface area contributed by atoms with Crippen molar-refractivity contribution in [3.8, 4) is 0 Å². The molecule has 1 unspecified atom stereocenters. The lowest BCUT2D eigenvalue weighted by atomic mass is 10.2. The second-order valence-corrected chi connectivity index (χ2v) is 2.66. The molecule has 0 heterocycles. The highest BCUT2D eigenvalue weighted by molar-refractivity contribution is 5.85. The van der Waals surface area contributed by atoms with Crippen LogP contribution >= 0.6 is 12.4 Å². The Kier molecular flexibility index (Phi) is 8.21. The molecule has 4 nitrogen and oxygen atoms in total. The Bertz CT molecular complexity index is 167. The molecule has 0 aliphatic heterocycles. The van der Waals surface area contributed by atoms with E-state index in [0.717, 1.165) is 0 Å². The fraction of sp³-hybridized carbons (Fsp3) is 0.714. The van der Waals surface area contributed by atoms with E-state index in [2.05, 4.69) is 0 Å². The third-order valence-electron chi connectivity index (χ3n) is 1.16. The van der Waals surface area contributed by atoms with E-state index in [0.29, 0.717) is 6.42 Å². The van der Waals surface area contributed by atoms with Crippen molar-refractivity contribution in [2.24, 2.45) is 0 Å². The van der Waals surface area contributed by atoms with Gasteiger partial charge < -0.3 is 15.6 Å². The summed E-state index contributed by atoms with van der Waals surface area (Å²) in [7, 11) is 3.68. The summed E-state index contributed by atoms with van der Waals surface area (Å²) < 4.78 is 1.80. The molecule has 0 rings (SSSR count). The Balaban J connectivity index is 0. The van der Waals surface area contributed by atoms with Gasteiger partial charge >= 0.3 is 0 Å². The Morgan fingerprint density at radius 3 is 2.50 bits per heavy atom. The molecule has 2 N–H and O–H groups in total. The monoisotopic (exact) mass is 194 g/mol. The van der Waals surface area contributed by atoms with Crippen LogP contribution in [0.3, 0.4) is 0 Å². The van der Waals surface area contributed by atoms with Gasteiger partial charge in [0.25, 0.3) is 0 Å². The van der Waals surface area contributed by atoms with Crippen LogP contribution in [0.1, 0.15) is 12.8 Å². The lowest BCUT2D eigenvalue weighted by Crippen LogP contribution is -2.23. The molecule has 0 spiro atoms. The third-order valence-corrected chi connectivity index (χ3v) is 1.16. The van der Waals surface area contributed by atoms with Gasteiger partial charge in [-0.05, 0) is 5.90 Å². The van der Waals surface area contributed by atoms with Crippen LogP contribution in [0.25, 0.3) is 0 Å². The van der Waals surface area contributed by atoms with Gasteiger partial charge in [0.1, 0.15) is 20.3 Å². The number of nitrogens with zero attached hydrogens (tertiary/aromatic N) is 1. The van der Waals surface area contributed by atoms with Gasteiger partial charge in [0.2, 0.25) is 0 Å². The fourth-order valence-electron chi connectivity index (χ4n) is 0.630. The average Bonchev–Trinajstić information content (AvgIpc) is 1.82. The minimum absolute atomic E-state index is 0. The van der Waals surface area contributed by atoms with Crippen molar-refractivity contribution in [1.29, 1.82) is 5.41 Å². The van der Waals surface area contributed by atoms with Crippen LogP contribution in [-0.4, -0.2) is 42.0 Å². The molecule has 0 radical (unpaired) electrons. The molecule has 0 aliphatic carbocycles. The first-order chi connectivity index (χ1) is 5.02. The number of halogens is 1. The van der Waals surface area contributed by atoms with Crippen LogP contribution in [0.5, 0.6) is 0 Å². The highest BCUT2D eigenvalue weighted by atomic mass is 35.5. The SMILES string of the molecule is C[N+](C)=CCC(O)CC(=N)[O-].Cl. The molecule has 1 atom stereocenters. The van der Waals surface area contributed by atoms with Gasteiger partial charge in [0.15, 0.2) is 0 Å². The van der Waals surface area contributed by atoms with E-state index in [-0.39, 0.29) is 18.8 Å². The molecule has 0 saturated carbocycles. The first-order valence-electron chi connectivity index (χ1n) is 3.44. The van der Waals surface area contributed by atoms with Crippen molar-refractivity contribution < 1.29 is 14.8 Å². The summed E-state index contributed by atoms with van der Waals surface area (Å²) in [5, 5.41) is 25.8. The fourth-order valence-corrected chi connectivity index (χ4v) is 0.630. The molecule has 0 fully saturated rings. The van der Waals surface area contributed by atoms with E-state index in [1.165, 1.54) is 0 Å². The number of hydrogen-bond acceptors (Lipinski definition) is 3. The molecular formula is C7H15ClN2O2. The van der Waals surface area contributed by atoms with Crippen LogP contribution in [0.15, 0.2) is 0 Å². The minimum atomic E-state index is -0.718. The van der Waals surface area contributed by atoms with Crippen molar-refractivity contribution >= 4 is 24.5 Å². The largest absolute Gasteiger partial charge is 0.862 e. The van der Waals surface area contributed by atoms with Crippen molar-refractivity contribution in [2.45, 2.75) is 18.9 Å². The van der Waals surface area contributed by atoms with Gasteiger partial charge in [-0.25, -0.2) is 4.58 Å². The van der Waals surface area contributed by atoms with Gasteiger partial charge in [-0.15, -0.1) is 12.4 Å². The van der Waals surface area contributed by atoms with Crippen LogP contribution in [0.2, 0.25) is 0 Å². The maximum Gasteiger partial charge on any atom is 0.141 e. The highest BCUT2D eigenvalue weighted by Gasteiger charge is 2.02. The number of nitrogens with one attached hydrogen (secondary N) is 1. The summed E-state index contributed by atoms with van der Waals surface area (Å²) in [6.07, 6.45) is 1.41. The van der Waals surface area contributed by atoms with Crippen molar-refractivity contribution in [3.05, 3.63) is 0 Å².